The van der Waals surface area contributed by atoms with Gasteiger partial charge in [-0.25, -0.2) is 4.39 Å². The van der Waals surface area contributed by atoms with Crippen LogP contribution in [0.2, 0.25) is 0 Å². The SMILES string of the molecule is CC(C)(C)C(=O)NCC1CCCN(C(=O)c2cc(Br)ccc2F)C1. The predicted octanol–water partition coefficient (Wildman–Crippen LogP) is 3.60. The number of nitrogens with zero attached hydrogens (tertiary/aromatic N) is 1. The van der Waals surface area contributed by atoms with Gasteiger partial charge in [0.1, 0.15) is 5.82 Å². The first-order valence-electron chi connectivity index (χ1n) is 8.21. The van der Waals surface area contributed by atoms with Crippen molar-refractivity contribution in [3.05, 3.63) is 34.1 Å². The Morgan fingerprint density at radius 3 is 2.75 bits per heavy atom. The first-order chi connectivity index (χ1) is 11.2. The Morgan fingerprint density at radius 1 is 1.38 bits per heavy atom. The van der Waals surface area contributed by atoms with Gasteiger partial charge >= 0.3 is 0 Å². The first-order valence-corrected chi connectivity index (χ1v) is 9.00. The number of halogens is 2. The summed E-state index contributed by atoms with van der Waals surface area (Å²) in [5, 5.41) is 2.95. The van der Waals surface area contributed by atoms with Gasteiger partial charge in [0.25, 0.3) is 5.91 Å². The average molecular weight is 399 g/mol. The molecule has 0 radical (unpaired) electrons. The van der Waals surface area contributed by atoms with Crippen LogP contribution in [0.4, 0.5) is 4.39 Å². The van der Waals surface area contributed by atoms with Crippen molar-refractivity contribution in [3.8, 4) is 0 Å². The summed E-state index contributed by atoms with van der Waals surface area (Å²) in [5.74, 6) is -0.597. The van der Waals surface area contributed by atoms with Crippen molar-refractivity contribution in [3.63, 3.8) is 0 Å². The summed E-state index contributed by atoms with van der Waals surface area (Å²) < 4.78 is 14.6. The maximum Gasteiger partial charge on any atom is 0.256 e. The highest BCUT2D eigenvalue weighted by Crippen LogP contribution is 2.22. The first kappa shape index (κ1) is 18.9. The summed E-state index contributed by atoms with van der Waals surface area (Å²) in [7, 11) is 0. The quantitative estimate of drug-likeness (QED) is 0.845. The molecule has 1 N–H and O–H groups in total. The number of carbonyl (C=O) groups is 2. The Balaban J connectivity index is 1.99. The number of hydrogen-bond acceptors (Lipinski definition) is 2. The van der Waals surface area contributed by atoms with Gasteiger partial charge in [0.05, 0.1) is 5.56 Å². The van der Waals surface area contributed by atoms with Gasteiger partial charge in [-0.05, 0) is 37.0 Å². The van der Waals surface area contributed by atoms with Crippen molar-refractivity contribution in [2.75, 3.05) is 19.6 Å². The summed E-state index contributed by atoms with van der Waals surface area (Å²) in [4.78, 5) is 26.3. The molecule has 1 fully saturated rings. The van der Waals surface area contributed by atoms with E-state index in [4.69, 9.17) is 0 Å². The molecule has 0 saturated carbocycles. The molecule has 1 saturated heterocycles. The van der Waals surface area contributed by atoms with E-state index in [1.54, 1.807) is 11.0 Å². The smallest absolute Gasteiger partial charge is 0.256 e. The van der Waals surface area contributed by atoms with Crippen molar-refractivity contribution < 1.29 is 14.0 Å². The van der Waals surface area contributed by atoms with Crippen LogP contribution in [-0.2, 0) is 4.79 Å². The van der Waals surface area contributed by atoms with Crippen LogP contribution in [0.25, 0.3) is 0 Å². The molecule has 0 aliphatic carbocycles. The molecule has 1 aromatic rings. The van der Waals surface area contributed by atoms with Crippen LogP contribution in [-0.4, -0.2) is 36.3 Å². The molecule has 1 aliphatic rings. The van der Waals surface area contributed by atoms with Crippen LogP contribution in [0.1, 0.15) is 44.0 Å². The van der Waals surface area contributed by atoms with Crippen LogP contribution >= 0.6 is 15.9 Å². The Labute approximate surface area is 150 Å². The second kappa shape index (κ2) is 7.64. The summed E-state index contributed by atoms with van der Waals surface area (Å²) >= 11 is 3.27. The van der Waals surface area contributed by atoms with E-state index in [9.17, 15) is 14.0 Å². The van der Waals surface area contributed by atoms with Crippen molar-refractivity contribution in [1.82, 2.24) is 10.2 Å². The number of nitrogens with one attached hydrogen (secondary N) is 1. The molecule has 0 spiro atoms. The molecular formula is C18H24BrFN2O2. The van der Waals surface area contributed by atoms with Crippen LogP contribution < -0.4 is 5.32 Å². The molecule has 2 amide bonds. The lowest BCUT2D eigenvalue weighted by Crippen LogP contribution is -2.45. The fourth-order valence-electron chi connectivity index (χ4n) is 2.75. The molecule has 0 bridgehead atoms. The van der Waals surface area contributed by atoms with E-state index in [1.807, 2.05) is 20.8 Å². The fraction of sp³-hybridized carbons (Fsp3) is 0.556. The monoisotopic (exact) mass is 398 g/mol. The third-order valence-corrected chi connectivity index (χ3v) is 4.69. The molecule has 1 aromatic carbocycles. The standard InChI is InChI=1S/C18H24BrFN2O2/c1-18(2,3)17(24)21-10-12-5-4-8-22(11-12)16(23)14-9-13(19)6-7-15(14)20/h6-7,9,12H,4-5,8,10-11H2,1-3H3,(H,21,24). The Bertz CT molecular complexity index is 628. The zero-order chi connectivity index (χ0) is 17.9. The molecule has 1 unspecified atom stereocenters. The maximum atomic E-state index is 13.9. The van der Waals surface area contributed by atoms with Gasteiger partial charge in [-0.3, -0.25) is 9.59 Å². The lowest BCUT2D eigenvalue weighted by molar-refractivity contribution is -0.128. The van der Waals surface area contributed by atoms with E-state index in [1.165, 1.54) is 12.1 Å². The van der Waals surface area contributed by atoms with Crippen LogP contribution in [0.5, 0.6) is 0 Å². The topological polar surface area (TPSA) is 49.4 Å². The Morgan fingerprint density at radius 2 is 2.08 bits per heavy atom. The minimum atomic E-state index is -0.508. The molecule has 1 heterocycles. The molecule has 2 rings (SSSR count). The lowest BCUT2D eigenvalue weighted by Gasteiger charge is -2.33. The third-order valence-electron chi connectivity index (χ3n) is 4.20. The summed E-state index contributed by atoms with van der Waals surface area (Å²) in [5.41, 5.74) is -0.340. The van der Waals surface area contributed by atoms with Gasteiger partial charge in [0.2, 0.25) is 5.91 Å². The molecule has 24 heavy (non-hydrogen) atoms. The van der Waals surface area contributed by atoms with Gasteiger partial charge in [-0.1, -0.05) is 36.7 Å². The predicted molar refractivity (Wildman–Crippen MR) is 95.2 cm³/mol. The summed E-state index contributed by atoms with van der Waals surface area (Å²) in [6.07, 6.45) is 1.81. The van der Waals surface area contributed by atoms with Crippen molar-refractivity contribution in [2.45, 2.75) is 33.6 Å². The highest BCUT2D eigenvalue weighted by atomic mass is 79.9. The number of carbonyl (C=O) groups excluding carboxylic acids is 2. The second-order valence-corrected chi connectivity index (χ2v) is 8.26. The van der Waals surface area contributed by atoms with Gasteiger partial charge in [-0.15, -0.1) is 0 Å². The number of rotatable bonds is 3. The van der Waals surface area contributed by atoms with Gasteiger partial charge in [-0.2, -0.15) is 0 Å². The van der Waals surface area contributed by atoms with E-state index < -0.39 is 11.2 Å². The van der Waals surface area contributed by atoms with Crippen LogP contribution in [0.3, 0.4) is 0 Å². The van der Waals surface area contributed by atoms with E-state index >= 15 is 0 Å². The van der Waals surface area contributed by atoms with Crippen molar-refractivity contribution in [2.24, 2.45) is 11.3 Å². The molecule has 0 aromatic heterocycles. The van der Waals surface area contributed by atoms with E-state index in [0.29, 0.717) is 24.1 Å². The normalized spacial score (nSPS) is 18.4. The van der Waals surface area contributed by atoms with E-state index in [0.717, 1.165) is 12.8 Å². The van der Waals surface area contributed by atoms with Crippen molar-refractivity contribution in [1.29, 1.82) is 0 Å². The molecule has 1 aliphatic heterocycles. The zero-order valence-electron chi connectivity index (χ0n) is 14.4. The molecule has 6 heteroatoms. The summed E-state index contributed by atoms with van der Waals surface area (Å²) in [6.45, 7) is 7.31. The van der Waals surface area contributed by atoms with E-state index in [-0.39, 0.29) is 23.3 Å². The van der Waals surface area contributed by atoms with Gasteiger partial charge in [0, 0.05) is 29.5 Å². The van der Waals surface area contributed by atoms with Gasteiger partial charge < -0.3 is 10.2 Å². The number of hydrogen-bond donors (Lipinski definition) is 1. The van der Waals surface area contributed by atoms with Crippen LogP contribution in [0.15, 0.2) is 22.7 Å². The minimum Gasteiger partial charge on any atom is -0.355 e. The lowest BCUT2D eigenvalue weighted by atomic mass is 9.94. The molecule has 132 valence electrons. The average Bonchev–Trinajstić information content (AvgIpc) is 2.53. The van der Waals surface area contributed by atoms with Crippen molar-refractivity contribution >= 4 is 27.7 Å². The van der Waals surface area contributed by atoms with Gasteiger partial charge in [0.15, 0.2) is 0 Å². The van der Waals surface area contributed by atoms with Crippen LogP contribution in [0, 0.1) is 17.2 Å². The highest BCUT2D eigenvalue weighted by Gasteiger charge is 2.28. The molecule has 1 atom stereocenters. The summed E-state index contributed by atoms with van der Waals surface area (Å²) in [6, 6.07) is 4.39. The molecule has 4 nitrogen and oxygen atoms in total. The zero-order valence-corrected chi connectivity index (χ0v) is 16.0. The number of benzene rings is 1. The third kappa shape index (κ3) is 4.79. The Kier molecular flexibility index (Phi) is 6.01. The number of piperidine rings is 1. The molecular weight excluding hydrogens is 375 g/mol. The number of likely N-dealkylation sites (tertiary alicyclic amines) is 1. The maximum absolute atomic E-state index is 13.9. The minimum absolute atomic E-state index is 0.00369. The van der Waals surface area contributed by atoms with E-state index in [2.05, 4.69) is 21.2 Å². The second-order valence-electron chi connectivity index (χ2n) is 7.34. The number of amides is 2. The highest BCUT2D eigenvalue weighted by molar-refractivity contribution is 9.10. The fourth-order valence-corrected chi connectivity index (χ4v) is 3.11. The largest absolute Gasteiger partial charge is 0.355 e. The Hall–Kier alpha value is -1.43.